The van der Waals surface area contributed by atoms with Crippen molar-refractivity contribution in [3.05, 3.63) is 0 Å². The van der Waals surface area contributed by atoms with Gasteiger partial charge >= 0.3 is 0 Å². The second-order valence-electron chi connectivity index (χ2n) is 7.00. The van der Waals surface area contributed by atoms with E-state index in [4.69, 9.17) is 0 Å². The number of hydrogen-bond acceptors (Lipinski definition) is 2. The molecule has 0 aromatic rings. The van der Waals surface area contributed by atoms with Crippen molar-refractivity contribution in [2.24, 2.45) is 16.7 Å². The van der Waals surface area contributed by atoms with E-state index in [0.717, 1.165) is 12.0 Å². The van der Waals surface area contributed by atoms with E-state index in [0.29, 0.717) is 10.8 Å². The highest BCUT2D eigenvalue weighted by Gasteiger charge is 2.58. The van der Waals surface area contributed by atoms with Crippen molar-refractivity contribution in [1.29, 1.82) is 0 Å². The quantitative estimate of drug-likeness (QED) is 0.722. The summed E-state index contributed by atoms with van der Waals surface area (Å²) >= 11 is 1.97. The second kappa shape index (κ2) is 5.13. The molecule has 0 saturated heterocycles. The molecule has 100 valence electrons. The summed E-state index contributed by atoms with van der Waals surface area (Å²) in [6, 6.07) is 0.753. The van der Waals surface area contributed by atoms with Crippen molar-refractivity contribution in [2.45, 2.75) is 58.9 Å². The van der Waals surface area contributed by atoms with Gasteiger partial charge in [0.15, 0.2) is 0 Å². The highest BCUT2D eigenvalue weighted by atomic mass is 32.2. The summed E-state index contributed by atoms with van der Waals surface area (Å²) < 4.78 is 0. The minimum Gasteiger partial charge on any atom is -0.313 e. The average molecular weight is 255 g/mol. The number of rotatable bonds is 6. The number of unbranched alkanes of at least 4 members (excludes halogenated alkanes) is 1. The number of thioether (sulfide) groups is 1. The van der Waals surface area contributed by atoms with Gasteiger partial charge in [-0.3, -0.25) is 0 Å². The number of hydrogen-bond donors (Lipinski definition) is 1. The van der Waals surface area contributed by atoms with Crippen molar-refractivity contribution in [3.63, 3.8) is 0 Å². The van der Waals surface area contributed by atoms with Gasteiger partial charge in [0.25, 0.3) is 0 Å². The normalized spacial score (nSPS) is 38.8. The van der Waals surface area contributed by atoms with Gasteiger partial charge in [0.1, 0.15) is 0 Å². The van der Waals surface area contributed by atoms with Gasteiger partial charge in [-0.05, 0) is 67.4 Å². The molecule has 2 fully saturated rings. The van der Waals surface area contributed by atoms with Crippen LogP contribution in [0.3, 0.4) is 0 Å². The Kier molecular flexibility index (Phi) is 4.14. The monoisotopic (exact) mass is 255 g/mol. The van der Waals surface area contributed by atoms with E-state index in [1.54, 1.807) is 0 Å². The molecule has 0 aliphatic heterocycles. The van der Waals surface area contributed by atoms with E-state index in [1.807, 2.05) is 11.8 Å². The summed E-state index contributed by atoms with van der Waals surface area (Å²) in [6.45, 7) is 8.71. The van der Waals surface area contributed by atoms with Crippen molar-refractivity contribution in [1.82, 2.24) is 5.32 Å². The molecule has 0 heterocycles. The molecule has 2 bridgehead atoms. The molecule has 0 amide bonds. The Morgan fingerprint density at radius 1 is 1.24 bits per heavy atom. The van der Waals surface area contributed by atoms with Crippen LogP contribution in [0.15, 0.2) is 0 Å². The minimum atomic E-state index is 0.520. The van der Waals surface area contributed by atoms with Crippen LogP contribution in [-0.4, -0.2) is 24.6 Å². The zero-order valence-corrected chi connectivity index (χ0v) is 12.8. The maximum atomic E-state index is 3.89. The third kappa shape index (κ3) is 2.53. The molecule has 0 aromatic carbocycles. The molecule has 0 radical (unpaired) electrons. The fourth-order valence-corrected chi connectivity index (χ4v) is 4.92. The van der Waals surface area contributed by atoms with Gasteiger partial charge in [0.2, 0.25) is 0 Å². The smallest absolute Gasteiger partial charge is 0.0175 e. The van der Waals surface area contributed by atoms with Gasteiger partial charge in [-0.2, -0.15) is 11.8 Å². The van der Waals surface area contributed by atoms with Crippen LogP contribution in [0.4, 0.5) is 0 Å². The summed E-state index contributed by atoms with van der Waals surface area (Å²) in [5.74, 6) is 2.28. The van der Waals surface area contributed by atoms with E-state index in [2.05, 4.69) is 32.3 Å². The summed E-state index contributed by atoms with van der Waals surface area (Å²) in [7, 11) is 0. The zero-order chi connectivity index (χ0) is 12.5. The Morgan fingerprint density at radius 3 is 2.59 bits per heavy atom. The first-order chi connectivity index (χ1) is 8.00. The number of nitrogens with one attached hydrogen (secondary N) is 1. The third-order valence-corrected chi connectivity index (χ3v) is 6.09. The van der Waals surface area contributed by atoms with E-state index in [-0.39, 0.29) is 0 Å². The minimum absolute atomic E-state index is 0.520. The molecule has 2 saturated carbocycles. The van der Waals surface area contributed by atoms with Crippen LogP contribution in [0, 0.1) is 16.7 Å². The molecule has 17 heavy (non-hydrogen) atoms. The summed E-state index contributed by atoms with van der Waals surface area (Å²) in [5.41, 5.74) is 1.11. The predicted molar refractivity (Wildman–Crippen MR) is 78.6 cm³/mol. The lowest BCUT2D eigenvalue weighted by molar-refractivity contribution is 0.109. The van der Waals surface area contributed by atoms with Crippen molar-refractivity contribution < 1.29 is 0 Å². The zero-order valence-electron chi connectivity index (χ0n) is 12.0. The van der Waals surface area contributed by atoms with Crippen molar-refractivity contribution >= 4 is 11.8 Å². The van der Waals surface area contributed by atoms with Gasteiger partial charge in [-0.25, -0.2) is 0 Å². The fourth-order valence-electron chi connectivity index (χ4n) is 4.43. The van der Waals surface area contributed by atoms with Gasteiger partial charge in [-0.15, -0.1) is 0 Å². The molecule has 2 aliphatic rings. The van der Waals surface area contributed by atoms with E-state index in [9.17, 15) is 0 Å². The van der Waals surface area contributed by atoms with Gasteiger partial charge in [0, 0.05) is 6.04 Å². The standard InChI is InChI=1S/C15H29NS/c1-14(2)12-7-8-15(3,11-12)13(14)16-9-5-6-10-17-4/h12-13,16H,5-11H2,1-4H3. The van der Waals surface area contributed by atoms with Crippen LogP contribution in [0.1, 0.15) is 52.9 Å². The van der Waals surface area contributed by atoms with Crippen LogP contribution in [0.5, 0.6) is 0 Å². The molecule has 1 nitrogen and oxygen atoms in total. The first-order valence-corrected chi connectivity index (χ1v) is 8.62. The number of fused-ring (bicyclic) bond motifs is 2. The van der Waals surface area contributed by atoms with Gasteiger partial charge in [0.05, 0.1) is 0 Å². The predicted octanol–water partition coefficient (Wildman–Crippen LogP) is 3.93. The Labute approximate surface area is 112 Å². The Balaban J connectivity index is 1.83. The highest BCUT2D eigenvalue weighted by Crippen LogP contribution is 2.62. The topological polar surface area (TPSA) is 12.0 Å². The van der Waals surface area contributed by atoms with Gasteiger partial charge in [-0.1, -0.05) is 20.8 Å². The molecule has 2 heteroatoms. The highest BCUT2D eigenvalue weighted by molar-refractivity contribution is 7.98. The molecule has 0 aromatic heterocycles. The Bertz CT molecular complexity index is 259. The Hall–Kier alpha value is 0.310. The lowest BCUT2D eigenvalue weighted by Gasteiger charge is -2.43. The lowest BCUT2D eigenvalue weighted by atomic mass is 9.68. The van der Waals surface area contributed by atoms with Crippen molar-refractivity contribution in [3.8, 4) is 0 Å². The first kappa shape index (κ1) is 13.7. The van der Waals surface area contributed by atoms with Crippen LogP contribution in [0.2, 0.25) is 0 Å². The van der Waals surface area contributed by atoms with E-state index >= 15 is 0 Å². The molecular weight excluding hydrogens is 226 g/mol. The molecule has 3 unspecified atom stereocenters. The third-order valence-electron chi connectivity index (χ3n) is 5.39. The average Bonchev–Trinajstić information content (AvgIpc) is 2.73. The molecule has 3 atom stereocenters. The van der Waals surface area contributed by atoms with Crippen LogP contribution in [0.25, 0.3) is 0 Å². The summed E-state index contributed by atoms with van der Waals surface area (Å²) in [6.07, 6.45) is 9.28. The molecule has 0 spiro atoms. The summed E-state index contributed by atoms with van der Waals surface area (Å²) in [4.78, 5) is 0. The van der Waals surface area contributed by atoms with E-state index < -0.39 is 0 Å². The first-order valence-electron chi connectivity index (χ1n) is 7.23. The van der Waals surface area contributed by atoms with Gasteiger partial charge < -0.3 is 5.32 Å². The van der Waals surface area contributed by atoms with Crippen molar-refractivity contribution in [2.75, 3.05) is 18.6 Å². The van der Waals surface area contributed by atoms with Crippen LogP contribution >= 0.6 is 11.8 Å². The van der Waals surface area contributed by atoms with E-state index in [1.165, 1.54) is 44.4 Å². The fraction of sp³-hybridized carbons (Fsp3) is 1.00. The van der Waals surface area contributed by atoms with Crippen LogP contribution in [-0.2, 0) is 0 Å². The maximum absolute atomic E-state index is 3.89. The molecule has 1 N–H and O–H groups in total. The molecular formula is C15H29NS. The van der Waals surface area contributed by atoms with Crippen LogP contribution < -0.4 is 5.32 Å². The Morgan fingerprint density at radius 2 is 2.00 bits per heavy atom. The maximum Gasteiger partial charge on any atom is 0.0175 e. The molecule has 2 rings (SSSR count). The molecule has 2 aliphatic carbocycles. The SMILES string of the molecule is CSCCCCNC1C2(C)CCC(C2)C1(C)C. The lowest BCUT2D eigenvalue weighted by Crippen LogP contribution is -2.50. The second-order valence-corrected chi connectivity index (χ2v) is 7.99. The largest absolute Gasteiger partial charge is 0.313 e. The summed E-state index contributed by atoms with van der Waals surface area (Å²) in [5, 5.41) is 3.89.